The van der Waals surface area contributed by atoms with E-state index in [4.69, 9.17) is 9.47 Å². The Balaban J connectivity index is 2.29. The quantitative estimate of drug-likeness (QED) is 0.803. The predicted molar refractivity (Wildman–Crippen MR) is 58.8 cm³/mol. The summed E-state index contributed by atoms with van der Waals surface area (Å²) in [6.07, 6.45) is 0. The maximum Gasteiger partial charge on any atom is 0.315 e. The number of rotatable bonds is 3. The molecule has 1 aromatic rings. The zero-order valence-electron chi connectivity index (χ0n) is 9.24. The van der Waals surface area contributed by atoms with Gasteiger partial charge in [-0.05, 0) is 17.7 Å². The van der Waals surface area contributed by atoms with Crippen LogP contribution in [0.3, 0.4) is 0 Å². The van der Waals surface area contributed by atoms with E-state index in [0.29, 0.717) is 6.54 Å². The Morgan fingerprint density at radius 3 is 2.25 bits per heavy atom. The van der Waals surface area contributed by atoms with Gasteiger partial charge in [0.1, 0.15) is 11.5 Å². The zero-order chi connectivity index (χ0) is 11.5. The first-order valence-corrected chi connectivity index (χ1v) is 5.00. The Labute approximate surface area is 93.7 Å². The van der Waals surface area contributed by atoms with Gasteiger partial charge in [0.25, 0.3) is 0 Å². The maximum absolute atomic E-state index is 11.1. The summed E-state index contributed by atoms with van der Waals surface area (Å²) in [7, 11) is 3.20. The van der Waals surface area contributed by atoms with Gasteiger partial charge in [-0.15, -0.1) is 0 Å². The van der Waals surface area contributed by atoms with Gasteiger partial charge in [0.2, 0.25) is 0 Å². The molecule has 0 bridgehead atoms. The van der Waals surface area contributed by atoms with Crippen LogP contribution in [-0.4, -0.2) is 26.8 Å². The predicted octanol–water partition coefficient (Wildman–Crippen LogP) is 1.06. The summed E-state index contributed by atoms with van der Waals surface area (Å²) in [4.78, 5) is 11.1. The van der Waals surface area contributed by atoms with Gasteiger partial charge in [0.05, 0.1) is 20.3 Å². The first-order valence-electron chi connectivity index (χ1n) is 5.00. The molecule has 2 N–H and O–H groups in total. The molecular weight excluding hydrogens is 208 g/mol. The van der Waals surface area contributed by atoms with E-state index in [9.17, 15) is 4.79 Å². The van der Waals surface area contributed by atoms with E-state index in [1.54, 1.807) is 20.3 Å². The van der Waals surface area contributed by atoms with Crippen LogP contribution in [0.2, 0.25) is 0 Å². The molecule has 0 spiro atoms. The van der Waals surface area contributed by atoms with E-state index >= 15 is 0 Å². The molecule has 1 saturated heterocycles. The van der Waals surface area contributed by atoms with Gasteiger partial charge < -0.3 is 20.1 Å². The lowest BCUT2D eigenvalue weighted by Gasteiger charge is -2.12. The fourth-order valence-corrected chi connectivity index (χ4v) is 1.69. The molecule has 5 nitrogen and oxygen atoms in total. The molecule has 1 fully saturated rings. The van der Waals surface area contributed by atoms with Crippen molar-refractivity contribution in [2.45, 2.75) is 6.04 Å². The standard InChI is InChI=1S/C11H14N2O3/c1-15-8-3-7(4-9(5-8)16-2)10-6-12-11(14)13-10/h3-5,10H,6H2,1-2H3,(H2,12,13,14)/t10-/m0/s1. The van der Waals surface area contributed by atoms with Crippen molar-refractivity contribution in [3.05, 3.63) is 23.8 Å². The van der Waals surface area contributed by atoms with Gasteiger partial charge in [0.15, 0.2) is 0 Å². The number of amides is 2. The Bertz CT molecular complexity index is 384. The minimum Gasteiger partial charge on any atom is -0.497 e. The molecule has 0 radical (unpaired) electrons. The summed E-state index contributed by atoms with van der Waals surface area (Å²) in [5.74, 6) is 1.44. The maximum atomic E-state index is 11.1. The molecule has 2 rings (SSSR count). The van der Waals surface area contributed by atoms with Crippen LogP contribution in [0.15, 0.2) is 18.2 Å². The third-order valence-corrected chi connectivity index (χ3v) is 2.55. The van der Waals surface area contributed by atoms with Crippen molar-refractivity contribution >= 4 is 6.03 Å². The molecule has 0 saturated carbocycles. The SMILES string of the molecule is COc1cc(OC)cc([C@@H]2CNC(=O)N2)c1. The molecule has 1 atom stereocenters. The van der Waals surface area contributed by atoms with Crippen LogP contribution in [-0.2, 0) is 0 Å². The van der Waals surface area contributed by atoms with E-state index in [1.807, 2.05) is 12.1 Å². The van der Waals surface area contributed by atoms with E-state index in [-0.39, 0.29) is 12.1 Å². The van der Waals surface area contributed by atoms with Crippen molar-refractivity contribution in [1.29, 1.82) is 0 Å². The average Bonchev–Trinajstić information content (AvgIpc) is 2.75. The molecule has 1 heterocycles. The smallest absolute Gasteiger partial charge is 0.315 e. The highest BCUT2D eigenvalue weighted by atomic mass is 16.5. The fourth-order valence-electron chi connectivity index (χ4n) is 1.69. The van der Waals surface area contributed by atoms with Gasteiger partial charge in [0, 0.05) is 12.6 Å². The normalized spacial score (nSPS) is 18.9. The van der Waals surface area contributed by atoms with Crippen molar-refractivity contribution in [2.75, 3.05) is 20.8 Å². The average molecular weight is 222 g/mol. The molecule has 1 aliphatic rings. The number of carbonyl (C=O) groups is 1. The summed E-state index contributed by atoms with van der Waals surface area (Å²) in [5.41, 5.74) is 0.967. The lowest BCUT2D eigenvalue weighted by molar-refractivity contribution is 0.247. The molecule has 2 amide bonds. The van der Waals surface area contributed by atoms with Crippen LogP contribution in [0, 0.1) is 0 Å². The minimum absolute atomic E-state index is 0.0310. The van der Waals surface area contributed by atoms with Gasteiger partial charge in [-0.1, -0.05) is 0 Å². The van der Waals surface area contributed by atoms with E-state index in [0.717, 1.165) is 17.1 Å². The third kappa shape index (κ3) is 2.03. The van der Waals surface area contributed by atoms with E-state index in [2.05, 4.69) is 10.6 Å². The number of hydrogen-bond donors (Lipinski definition) is 2. The minimum atomic E-state index is -0.146. The molecule has 16 heavy (non-hydrogen) atoms. The highest BCUT2D eigenvalue weighted by Gasteiger charge is 2.22. The van der Waals surface area contributed by atoms with Gasteiger partial charge >= 0.3 is 6.03 Å². The molecular formula is C11H14N2O3. The topological polar surface area (TPSA) is 59.6 Å². The summed E-state index contributed by atoms with van der Waals surface area (Å²) in [6.45, 7) is 0.579. The van der Waals surface area contributed by atoms with Crippen LogP contribution in [0.5, 0.6) is 11.5 Å². The number of hydrogen-bond acceptors (Lipinski definition) is 3. The Kier molecular flexibility index (Phi) is 2.85. The van der Waals surface area contributed by atoms with Crippen LogP contribution in [0.1, 0.15) is 11.6 Å². The highest BCUT2D eigenvalue weighted by Crippen LogP contribution is 2.27. The fraction of sp³-hybridized carbons (Fsp3) is 0.364. The number of carbonyl (C=O) groups excluding carboxylic acids is 1. The lowest BCUT2D eigenvalue weighted by atomic mass is 10.1. The molecule has 0 unspecified atom stereocenters. The lowest BCUT2D eigenvalue weighted by Crippen LogP contribution is -2.21. The van der Waals surface area contributed by atoms with E-state index < -0.39 is 0 Å². The van der Waals surface area contributed by atoms with Crippen molar-refractivity contribution in [1.82, 2.24) is 10.6 Å². The van der Waals surface area contributed by atoms with Crippen molar-refractivity contribution in [3.8, 4) is 11.5 Å². The summed E-state index contributed by atoms with van der Waals surface area (Å²) >= 11 is 0. The molecule has 1 aromatic carbocycles. The van der Waals surface area contributed by atoms with Crippen LogP contribution in [0.4, 0.5) is 4.79 Å². The largest absolute Gasteiger partial charge is 0.497 e. The van der Waals surface area contributed by atoms with Crippen LogP contribution >= 0.6 is 0 Å². The second-order valence-corrected chi connectivity index (χ2v) is 3.55. The van der Waals surface area contributed by atoms with Gasteiger partial charge in [-0.3, -0.25) is 0 Å². The number of ether oxygens (including phenoxy) is 2. The number of methoxy groups -OCH3 is 2. The van der Waals surface area contributed by atoms with Crippen LogP contribution < -0.4 is 20.1 Å². The second kappa shape index (κ2) is 4.30. The molecule has 86 valence electrons. The van der Waals surface area contributed by atoms with E-state index in [1.165, 1.54) is 0 Å². The summed E-state index contributed by atoms with van der Waals surface area (Å²) < 4.78 is 10.3. The van der Waals surface area contributed by atoms with Gasteiger partial charge in [-0.2, -0.15) is 0 Å². The van der Waals surface area contributed by atoms with Crippen LogP contribution in [0.25, 0.3) is 0 Å². The zero-order valence-corrected chi connectivity index (χ0v) is 9.24. The molecule has 0 aromatic heterocycles. The first kappa shape index (κ1) is 10.6. The summed E-state index contributed by atoms with van der Waals surface area (Å²) in [5, 5.41) is 5.52. The highest BCUT2D eigenvalue weighted by molar-refractivity contribution is 5.77. The van der Waals surface area contributed by atoms with Crippen molar-refractivity contribution in [3.63, 3.8) is 0 Å². The molecule has 0 aliphatic carbocycles. The van der Waals surface area contributed by atoms with Crippen molar-refractivity contribution in [2.24, 2.45) is 0 Å². The number of urea groups is 1. The molecule has 5 heteroatoms. The van der Waals surface area contributed by atoms with Crippen molar-refractivity contribution < 1.29 is 14.3 Å². The number of benzene rings is 1. The Hall–Kier alpha value is -1.91. The van der Waals surface area contributed by atoms with Gasteiger partial charge in [-0.25, -0.2) is 4.79 Å². The second-order valence-electron chi connectivity index (χ2n) is 3.55. The number of nitrogens with one attached hydrogen (secondary N) is 2. The Morgan fingerprint density at radius 1 is 1.19 bits per heavy atom. The summed E-state index contributed by atoms with van der Waals surface area (Å²) in [6, 6.07) is 5.40. The first-order chi connectivity index (χ1) is 7.72. The monoisotopic (exact) mass is 222 g/mol. The third-order valence-electron chi connectivity index (χ3n) is 2.55. The Morgan fingerprint density at radius 2 is 1.81 bits per heavy atom. The molecule has 1 aliphatic heterocycles.